The highest BCUT2D eigenvalue weighted by Gasteiger charge is 2.44. The zero-order valence-corrected chi connectivity index (χ0v) is 9.98. The van der Waals surface area contributed by atoms with E-state index >= 15 is 0 Å². The van der Waals surface area contributed by atoms with Gasteiger partial charge in [0.15, 0.2) is 0 Å². The smallest absolute Gasteiger partial charge is 0.220 e. The summed E-state index contributed by atoms with van der Waals surface area (Å²) >= 11 is 0. The van der Waals surface area contributed by atoms with Crippen LogP contribution in [0, 0.1) is 0 Å². The fourth-order valence-electron chi connectivity index (χ4n) is 2.01. The van der Waals surface area contributed by atoms with Crippen LogP contribution in [0.5, 0.6) is 0 Å². The normalized spacial score (nSPS) is 16.5. The highest BCUT2D eigenvalue weighted by Crippen LogP contribution is 2.47. The Hall–Kier alpha value is -1.42. The van der Waals surface area contributed by atoms with Crippen molar-refractivity contribution in [1.29, 1.82) is 0 Å². The van der Waals surface area contributed by atoms with Crippen LogP contribution in [-0.2, 0) is 10.2 Å². The third kappa shape index (κ3) is 3.03. The molecule has 1 aromatic heterocycles. The number of hydrogen-bond donors (Lipinski definition) is 2. The molecule has 0 aromatic carbocycles. The molecule has 0 unspecified atom stereocenters. The van der Waals surface area contributed by atoms with E-state index in [0.29, 0.717) is 13.0 Å². The Labute approximate surface area is 102 Å². The molecule has 4 heteroatoms. The number of rotatable bonds is 6. The topological polar surface area (TPSA) is 68.0 Å². The molecule has 17 heavy (non-hydrogen) atoms. The molecule has 0 spiro atoms. The summed E-state index contributed by atoms with van der Waals surface area (Å²) in [4.78, 5) is 15.7. The molecule has 0 atom stereocenters. The fourth-order valence-corrected chi connectivity index (χ4v) is 2.01. The molecular weight excluding hydrogens is 214 g/mol. The molecule has 0 bridgehead atoms. The Bertz CT molecular complexity index is 374. The molecular formula is C13H19N3O. The summed E-state index contributed by atoms with van der Waals surface area (Å²) in [7, 11) is 0. The lowest BCUT2D eigenvalue weighted by atomic mass is 9.98. The van der Waals surface area contributed by atoms with E-state index in [-0.39, 0.29) is 11.3 Å². The molecule has 2 rings (SSSR count). The SMILES string of the molecule is NCCCC(=O)NCC1(c2cccnc2)CC1. The second-order valence-corrected chi connectivity index (χ2v) is 4.69. The first kappa shape index (κ1) is 12.0. The van der Waals surface area contributed by atoms with Crippen LogP contribution >= 0.6 is 0 Å². The Morgan fingerprint density at radius 1 is 1.53 bits per heavy atom. The molecule has 1 aromatic rings. The molecule has 3 N–H and O–H groups in total. The van der Waals surface area contributed by atoms with Crippen molar-refractivity contribution < 1.29 is 4.79 Å². The van der Waals surface area contributed by atoms with Gasteiger partial charge in [-0.25, -0.2) is 0 Å². The molecule has 1 saturated carbocycles. The lowest BCUT2D eigenvalue weighted by Crippen LogP contribution is -2.32. The van der Waals surface area contributed by atoms with Crippen LogP contribution in [-0.4, -0.2) is 24.0 Å². The van der Waals surface area contributed by atoms with Crippen molar-refractivity contribution in [2.24, 2.45) is 5.73 Å². The van der Waals surface area contributed by atoms with Gasteiger partial charge in [0.25, 0.3) is 0 Å². The van der Waals surface area contributed by atoms with Crippen molar-refractivity contribution in [2.45, 2.75) is 31.1 Å². The monoisotopic (exact) mass is 233 g/mol. The molecule has 92 valence electrons. The molecule has 1 heterocycles. The van der Waals surface area contributed by atoms with Gasteiger partial charge in [-0.3, -0.25) is 9.78 Å². The largest absolute Gasteiger partial charge is 0.355 e. The molecule has 1 amide bonds. The van der Waals surface area contributed by atoms with Gasteiger partial charge < -0.3 is 11.1 Å². The molecule has 1 aliphatic carbocycles. The van der Waals surface area contributed by atoms with Crippen molar-refractivity contribution in [2.75, 3.05) is 13.1 Å². The van der Waals surface area contributed by atoms with Crippen LogP contribution in [0.1, 0.15) is 31.2 Å². The molecule has 1 aliphatic rings. The fraction of sp³-hybridized carbons (Fsp3) is 0.538. The van der Waals surface area contributed by atoms with Gasteiger partial charge in [0, 0.05) is 30.8 Å². The van der Waals surface area contributed by atoms with Crippen LogP contribution in [0.2, 0.25) is 0 Å². The van der Waals surface area contributed by atoms with E-state index in [4.69, 9.17) is 5.73 Å². The summed E-state index contributed by atoms with van der Waals surface area (Å²) in [6.07, 6.45) is 7.23. The van der Waals surface area contributed by atoms with Crippen LogP contribution in [0.3, 0.4) is 0 Å². The minimum Gasteiger partial charge on any atom is -0.355 e. The number of hydrogen-bond acceptors (Lipinski definition) is 3. The lowest BCUT2D eigenvalue weighted by Gasteiger charge is -2.16. The first-order valence-corrected chi connectivity index (χ1v) is 6.14. The average Bonchev–Trinajstić information content (AvgIpc) is 3.16. The zero-order valence-electron chi connectivity index (χ0n) is 9.98. The van der Waals surface area contributed by atoms with Crippen molar-refractivity contribution in [1.82, 2.24) is 10.3 Å². The summed E-state index contributed by atoms with van der Waals surface area (Å²) in [5.74, 6) is 0.102. The summed E-state index contributed by atoms with van der Waals surface area (Å²) in [5, 5.41) is 3.00. The van der Waals surface area contributed by atoms with E-state index in [1.807, 2.05) is 12.3 Å². The number of pyridine rings is 1. The zero-order chi connectivity index (χ0) is 12.1. The standard InChI is InChI=1S/C13H19N3O/c14-7-1-4-12(17)16-10-13(5-6-13)11-3-2-8-15-9-11/h2-3,8-9H,1,4-7,10,14H2,(H,16,17). The summed E-state index contributed by atoms with van der Waals surface area (Å²) in [6.45, 7) is 1.29. The molecule has 0 aliphatic heterocycles. The molecule has 4 nitrogen and oxygen atoms in total. The van der Waals surface area contributed by atoms with Gasteiger partial charge >= 0.3 is 0 Å². The van der Waals surface area contributed by atoms with E-state index < -0.39 is 0 Å². The van der Waals surface area contributed by atoms with Gasteiger partial charge in [0.2, 0.25) is 5.91 Å². The Kier molecular flexibility index (Phi) is 3.74. The number of nitrogens with two attached hydrogens (primary N) is 1. The second-order valence-electron chi connectivity index (χ2n) is 4.69. The maximum absolute atomic E-state index is 11.5. The maximum atomic E-state index is 11.5. The van der Waals surface area contributed by atoms with Gasteiger partial charge in [-0.2, -0.15) is 0 Å². The van der Waals surface area contributed by atoms with Crippen LogP contribution in [0.4, 0.5) is 0 Å². The Morgan fingerprint density at radius 3 is 2.94 bits per heavy atom. The number of amides is 1. The van der Waals surface area contributed by atoms with E-state index in [1.54, 1.807) is 6.20 Å². The van der Waals surface area contributed by atoms with Crippen LogP contribution in [0.25, 0.3) is 0 Å². The van der Waals surface area contributed by atoms with Crippen molar-refractivity contribution in [3.63, 3.8) is 0 Å². The van der Waals surface area contributed by atoms with Gasteiger partial charge in [-0.15, -0.1) is 0 Å². The first-order valence-electron chi connectivity index (χ1n) is 6.14. The van der Waals surface area contributed by atoms with Gasteiger partial charge in [0.1, 0.15) is 0 Å². The van der Waals surface area contributed by atoms with Gasteiger partial charge in [-0.05, 0) is 37.4 Å². The Morgan fingerprint density at radius 2 is 2.35 bits per heavy atom. The van der Waals surface area contributed by atoms with Crippen LogP contribution < -0.4 is 11.1 Å². The number of carbonyl (C=O) groups excluding carboxylic acids is 1. The van der Waals surface area contributed by atoms with E-state index in [0.717, 1.165) is 25.8 Å². The minimum atomic E-state index is 0.102. The van der Waals surface area contributed by atoms with Crippen molar-refractivity contribution in [3.8, 4) is 0 Å². The third-order valence-electron chi connectivity index (χ3n) is 3.36. The lowest BCUT2D eigenvalue weighted by molar-refractivity contribution is -0.121. The Balaban J connectivity index is 1.85. The van der Waals surface area contributed by atoms with Crippen LogP contribution in [0.15, 0.2) is 24.5 Å². The number of nitrogens with one attached hydrogen (secondary N) is 1. The highest BCUT2D eigenvalue weighted by molar-refractivity contribution is 5.76. The van der Waals surface area contributed by atoms with E-state index in [1.165, 1.54) is 5.56 Å². The maximum Gasteiger partial charge on any atom is 0.220 e. The summed E-state index contributed by atoms with van der Waals surface area (Å²) in [6, 6.07) is 4.04. The predicted molar refractivity (Wildman–Crippen MR) is 66.4 cm³/mol. The average molecular weight is 233 g/mol. The van der Waals surface area contributed by atoms with E-state index in [9.17, 15) is 4.79 Å². The van der Waals surface area contributed by atoms with Crippen molar-refractivity contribution >= 4 is 5.91 Å². The number of carbonyl (C=O) groups is 1. The van der Waals surface area contributed by atoms with Gasteiger partial charge in [-0.1, -0.05) is 6.07 Å². The number of nitrogens with zero attached hydrogens (tertiary/aromatic N) is 1. The van der Waals surface area contributed by atoms with Crippen molar-refractivity contribution in [3.05, 3.63) is 30.1 Å². The predicted octanol–water partition coefficient (Wildman–Crippen LogP) is 0.968. The first-order chi connectivity index (χ1) is 8.27. The molecule has 0 saturated heterocycles. The molecule has 1 fully saturated rings. The van der Waals surface area contributed by atoms with Gasteiger partial charge in [0.05, 0.1) is 0 Å². The minimum absolute atomic E-state index is 0.102. The number of aromatic nitrogens is 1. The van der Waals surface area contributed by atoms with E-state index in [2.05, 4.69) is 16.4 Å². The second kappa shape index (κ2) is 5.27. The quantitative estimate of drug-likeness (QED) is 0.769. The summed E-state index contributed by atoms with van der Waals surface area (Å²) < 4.78 is 0. The highest BCUT2D eigenvalue weighted by atomic mass is 16.1. The molecule has 0 radical (unpaired) electrons. The summed E-state index contributed by atoms with van der Waals surface area (Å²) in [5.41, 5.74) is 6.75. The third-order valence-corrected chi connectivity index (χ3v) is 3.36.